The van der Waals surface area contributed by atoms with Gasteiger partial charge in [0.2, 0.25) is 5.82 Å². The van der Waals surface area contributed by atoms with Crippen LogP contribution >= 0.6 is 0 Å². The van der Waals surface area contributed by atoms with Gasteiger partial charge in [-0.1, -0.05) is 0 Å². The monoisotopic (exact) mass is 277 g/mol. The number of nitro groups is 1. The van der Waals surface area contributed by atoms with Crippen molar-refractivity contribution in [2.45, 2.75) is 33.2 Å². The van der Waals surface area contributed by atoms with Crippen molar-refractivity contribution in [2.75, 3.05) is 23.3 Å². The van der Waals surface area contributed by atoms with Gasteiger partial charge in [0.25, 0.3) is 0 Å². The molecule has 0 amide bonds. The Labute approximate surface area is 118 Å². The predicted octanol–water partition coefficient (Wildman–Crippen LogP) is 2.55. The van der Waals surface area contributed by atoms with Crippen LogP contribution in [0.4, 0.5) is 17.3 Å². The van der Waals surface area contributed by atoms with Crippen molar-refractivity contribution in [1.82, 2.24) is 4.98 Å². The summed E-state index contributed by atoms with van der Waals surface area (Å²) in [6, 6.07) is 5.11. The Morgan fingerprint density at radius 2 is 2.25 bits per heavy atom. The number of nitriles is 1. The number of rotatable bonds is 7. The molecule has 20 heavy (non-hydrogen) atoms. The van der Waals surface area contributed by atoms with Crippen LogP contribution in [0.15, 0.2) is 12.1 Å². The number of hydrogen-bond donors (Lipinski definition) is 1. The molecule has 0 saturated carbocycles. The summed E-state index contributed by atoms with van der Waals surface area (Å²) in [6.45, 7) is 6.87. The molecule has 1 rings (SSSR count). The number of nitrogens with one attached hydrogen (secondary N) is 1. The Kier molecular flexibility index (Phi) is 5.72. The van der Waals surface area contributed by atoms with Crippen LogP contribution in [0.3, 0.4) is 0 Å². The third-order valence-corrected chi connectivity index (χ3v) is 2.77. The number of nitrogens with zero attached hydrogens (tertiary/aromatic N) is 4. The second-order valence-corrected chi connectivity index (χ2v) is 4.52. The molecular weight excluding hydrogens is 258 g/mol. The van der Waals surface area contributed by atoms with Crippen molar-refractivity contribution in [3.8, 4) is 6.07 Å². The van der Waals surface area contributed by atoms with E-state index >= 15 is 0 Å². The highest BCUT2D eigenvalue weighted by Crippen LogP contribution is 2.29. The quantitative estimate of drug-likeness (QED) is 0.608. The molecule has 0 aromatic carbocycles. The van der Waals surface area contributed by atoms with Crippen molar-refractivity contribution in [3.05, 3.63) is 22.2 Å². The van der Waals surface area contributed by atoms with Crippen molar-refractivity contribution in [2.24, 2.45) is 0 Å². The molecule has 7 heteroatoms. The molecule has 7 nitrogen and oxygen atoms in total. The average molecular weight is 277 g/mol. The minimum absolute atomic E-state index is 0.0198. The minimum atomic E-state index is -0.445. The van der Waals surface area contributed by atoms with Crippen molar-refractivity contribution in [3.63, 3.8) is 0 Å². The molecule has 0 aliphatic rings. The van der Waals surface area contributed by atoms with E-state index in [1.165, 1.54) is 6.07 Å². The van der Waals surface area contributed by atoms with Gasteiger partial charge in [0, 0.05) is 25.2 Å². The van der Waals surface area contributed by atoms with E-state index in [4.69, 9.17) is 5.26 Å². The maximum atomic E-state index is 11.1. The normalized spacial score (nSPS) is 10.2. The molecule has 0 fully saturated rings. The second kappa shape index (κ2) is 7.28. The van der Waals surface area contributed by atoms with Gasteiger partial charge in [-0.3, -0.25) is 10.1 Å². The smallest absolute Gasteiger partial charge is 0.311 e. The SMILES string of the molecule is CCNc1ccc([N+](=O)[O-])c(N(CCC#N)C(C)C)n1. The van der Waals surface area contributed by atoms with Gasteiger partial charge in [-0.25, -0.2) is 4.98 Å². The van der Waals surface area contributed by atoms with Crippen LogP contribution in [-0.2, 0) is 0 Å². The van der Waals surface area contributed by atoms with E-state index in [-0.39, 0.29) is 11.7 Å². The molecule has 0 saturated heterocycles. The van der Waals surface area contributed by atoms with E-state index in [9.17, 15) is 10.1 Å². The van der Waals surface area contributed by atoms with Gasteiger partial charge >= 0.3 is 5.69 Å². The molecule has 1 heterocycles. The molecule has 1 aromatic heterocycles. The Balaban J connectivity index is 3.24. The van der Waals surface area contributed by atoms with Crippen molar-refractivity contribution in [1.29, 1.82) is 5.26 Å². The Hall–Kier alpha value is -2.36. The second-order valence-electron chi connectivity index (χ2n) is 4.52. The summed E-state index contributed by atoms with van der Waals surface area (Å²) in [5, 5.41) is 22.9. The van der Waals surface area contributed by atoms with Gasteiger partial charge in [0.15, 0.2) is 0 Å². The highest BCUT2D eigenvalue weighted by Gasteiger charge is 2.23. The largest absolute Gasteiger partial charge is 0.370 e. The van der Waals surface area contributed by atoms with Crippen LogP contribution in [0.25, 0.3) is 0 Å². The summed E-state index contributed by atoms with van der Waals surface area (Å²) in [7, 11) is 0. The topological polar surface area (TPSA) is 95.1 Å². The average Bonchev–Trinajstić information content (AvgIpc) is 2.39. The van der Waals surface area contributed by atoms with Gasteiger partial charge < -0.3 is 10.2 Å². The summed E-state index contributed by atoms with van der Waals surface area (Å²) in [5.41, 5.74) is -0.0432. The van der Waals surface area contributed by atoms with E-state index in [1.54, 1.807) is 11.0 Å². The summed E-state index contributed by atoms with van der Waals surface area (Å²) in [6.07, 6.45) is 0.294. The van der Waals surface area contributed by atoms with Crippen LogP contribution in [0.2, 0.25) is 0 Å². The zero-order valence-electron chi connectivity index (χ0n) is 12.0. The van der Waals surface area contributed by atoms with Crippen molar-refractivity contribution < 1.29 is 4.92 Å². The van der Waals surface area contributed by atoms with E-state index in [0.29, 0.717) is 31.1 Å². The fourth-order valence-corrected chi connectivity index (χ4v) is 1.85. The van der Waals surface area contributed by atoms with Crippen molar-refractivity contribution >= 4 is 17.3 Å². The fraction of sp³-hybridized carbons (Fsp3) is 0.538. The molecule has 0 aliphatic heterocycles. The molecular formula is C13H19N5O2. The lowest BCUT2D eigenvalue weighted by atomic mass is 10.2. The third kappa shape index (κ3) is 3.82. The van der Waals surface area contributed by atoms with E-state index in [0.717, 1.165) is 0 Å². The molecule has 0 radical (unpaired) electrons. The molecule has 1 N–H and O–H groups in total. The zero-order valence-corrected chi connectivity index (χ0v) is 12.0. The van der Waals surface area contributed by atoms with Gasteiger partial charge in [-0.05, 0) is 26.8 Å². The number of anilines is 2. The maximum Gasteiger partial charge on any atom is 0.311 e. The van der Waals surface area contributed by atoms with Crippen LogP contribution in [-0.4, -0.2) is 29.0 Å². The lowest BCUT2D eigenvalue weighted by Crippen LogP contribution is -2.33. The summed E-state index contributed by atoms with van der Waals surface area (Å²) in [4.78, 5) is 16.8. The number of aromatic nitrogens is 1. The van der Waals surface area contributed by atoms with Crippen LogP contribution < -0.4 is 10.2 Å². The fourth-order valence-electron chi connectivity index (χ4n) is 1.85. The summed E-state index contributed by atoms with van der Waals surface area (Å²) in [5.74, 6) is 0.898. The first-order valence-electron chi connectivity index (χ1n) is 6.54. The Morgan fingerprint density at radius 1 is 1.55 bits per heavy atom. The van der Waals surface area contributed by atoms with E-state index in [2.05, 4.69) is 16.4 Å². The highest BCUT2D eigenvalue weighted by atomic mass is 16.6. The van der Waals surface area contributed by atoms with Gasteiger partial charge in [-0.2, -0.15) is 5.26 Å². The molecule has 108 valence electrons. The molecule has 0 bridgehead atoms. The first-order valence-corrected chi connectivity index (χ1v) is 6.54. The van der Waals surface area contributed by atoms with Crippen LogP contribution in [0.1, 0.15) is 27.2 Å². The number of hydrogen-bond acceptors (Lipinski definition) is 6. The van der Waals surface area contributed by atoms with E-state index in [1.807, 2.05) is 20.8 Å². The first-order chi connectivity index (χ1) is 9.51. The maximum absolute atomic E-state index is 11.1. The van der Waals surface area contributed by atoms with Gasteiger partial charge in [0.05, 0.1) is 17.4 Å². The van der Waals surface area contributed by atoms with Gasteiger partial charge in [0.1, 0.15) is 5.82 Å². The van der Waals surface area contributed by atoms with Crippen LogP contribution in [0, 0.1) is 21.4 Å². The summed E-state index contributed by atoms with van der Waals surface area (Å²) < 4.78 is 0. The highest BCUT2D eigenvalue weighted by molar-refractivity contribution is 5.62. The molecule has 0 spiro atoms. The standard InChI is InChI=1S/C13H19N5O2/c1-4-15-12-7-6-11(18(19)20)13(16-12)17(10(2)3)9-5-8-14/h6-7,10H,4-5,9H2,1-3H3,(H,15,16). The third-order valence-electron chi connectivity index (χ3n) is 2.77. The Bertz CT molecular complexity index is 510. The summed E-state index contributed by atoms with van der Waals surface area (Å²) >= 11 is 0. The lowest BCUT2D eigenvalue weighted by molar-refractivity contribution is -0.384. The zero-order chi connectivity index (χ0) is 15.1. The van der Waals surface area contributed by atoms with Gasteiger partial charge in [-0.15, -0.1) is 0 Å². The number of pyridine rings is 1. The predicted molar refractivity (Wildman–Crippen MR) is 77.8 cm³/mol. The molecule has 0 atom stereocenters. The van der Waals surface area contributed by atoms with E-state index < -0.39 is 4.92 Å². The Morgan fingerprint density at radius 3 is 2.75 bits per heavy atom. The molecule has 0 aliphatic carbocycles. The minimum Gasteiger partial charge on any atom is -0.370 e. The first kappa shape index (κ1) is 15.7. The molecule has 0 unspecified atom stereocenters. The van der Waals surface area contributed by atoms with Crippen LogP contribution in [0.5, 0.6) is 0 Å². The lowest BCUT2D eigenvalue weighted by Gasteiger charge is -2.26. The molecule has 1 aromatic rings.